The lowest BCUT2D eigenvalue weighted by Crippen LogP contribution is -2.28. The van der Waals surface area contributed by atoms with Gasteiger partial charge in [-0.1, -0.05) is 6.07 Å². The quantitative estimate of drug-likeness (QED) is 0.852. The number of sulfonamides is 1. The van der Waals surface area contributed by atoms with Gasteiger partial charge in [-0.3, -0.25) is 0 Å². The van der Waals surface area contributed by atoms with E-state index in [-0.39, 0.29) is 4.90 Å². The molecule has 0 aliphatic carbocycles. The van der Waals surface area contributed by atoms with E-state index in [1.807, 2.05) is 23.6 Å². The van der Waals surface area contributed by atoms with Crippen LogP contribution in [-0.2, 0) is 16.4 Å². The van der Waals surface area contributed by atoms with Crippen LogP contribution in [0.2, 0.25) is 0 Å². The lowest BCUT2D eigenvalue weighted by Gasteiger charge is -2.16. The Hall–Kier alpha value is -1.68. The van der Waals surface area contributed by atoms with Gasteiger partial charge in [-0.05, 0) is 42.1 Å². The molecule has 0 unspecified atom stereocenters. The molecule has 2 aromatic rings. The molecular weight excluding hydrogens is 292 g/mol. The lowest BCUT2D eigenvalue weighted by molar-refractivity contribution is 0.473. The van der Waals surface area contributed by atoms with E-state index in [2.05, 4.69) is 0 Å². The van der Waals surface area contributed by atoms with Crippen molar-refractivity contribution in [3.63, 3.8) is 0 Å². The number of benzene rings is 1. The zero-order valence-corrected chi connectivity index (χ0v) is 12.6. The molecule has 0 aliphatic rings. The van der Waals surface area contributed by atoms with Crippen LogP contribution in [0.4, 0.5) is 0 Å². The molecule has 0 spiro atoms. The van der Waals surface area contributed by atoms with Gasteiger partial charge in [0, 0.05) is 18.5 Å². The molecule has 1 aromatic heterocycles. The van der Waals surface area contributed by atoms with Gasteiger partial charge < -0.3 is 0 Å². The van der Waals surface area contributed by atoms with Gasteiger partial charge in [0.1, 0.15) is 0 Å². The molecule has 20 heavy (non-hydrogen) atoms. The van der Waals surface area contributed by atoms with E-state index in [4.69, 9.17) is 5.26 Å². The predicted octanol–water partition coefficient (Wildman–Crippen LogP) is 2.48. The summed E-state index contributed by atoms with van der Waals surface area (Å²) in [6.07, 6.45) is 0.698. The Morgan fingerprint density at radius 2 is 1.95 bits per heavy atom. The van der Waals surface area contributed by atoms with Crippen LogP contribution < -0.4 is 0 Å². The van der Waals surface area contributed by atoms with Crippen LogP contribution in [0.5, 0.6) is 0 Å². The van der Waals surface area contributed by atoms with Crippen molar-refractivity contribution >= 4 is 21.4 Å². The lowest BCUT2D eigenvalue weighted by atomic mass is 10.2. The van der Waals surface area contributed by atoms with Gasteiger partial charge in [0.15, 0.2) is 0 Å². The van der Waals surface area contributed by atoms with E-state index in [9.17, 15) is 8.42 Å². The van der Waals surface area contributed by atoms with Crippen molar-refractivity contribution in [1.82, 2.24) is 4.31 Å². The second-order valence-corrected chi connectivity index (χ2v) is 7.37. The molecule has 0 fully saturated rings. The summed E-state index contributed by atoms with van der Waals surface area (Å²) in [6.45, 7) is 0.433. The Kier molecular flexibility index (Phi) is 4.55. The number of rotatable bonds is 5. The van der Waals surface area contributed by atoms with Gasteiger partial charge >= 0.3 is 0 Å². The third-order valence-electron chi connectivity index (χ3n) is 2.94. The number of thiophene rings is 1. The van der Waals surface area contributed by atoms with Gasteiger partial charge in [-0.15, -0.1) is 11.3 Å². The van der Waals surface area contributed by atoms with Crippen LogP contribution in [0.15, 0.2) is 46.7 Å². The molecule has 0 N–H and O–H groups in total. The van der Waals surface area contributed by atoms with Crippen LogP contribution in [0.1, 0.15) is 10.4 Å². The van der Waals surface area contributed by atoms with Gasteiger partial charge in [0.25, 0.3) is 0 Å². The Bertz CT molecular complexity index is 699. The Morgan fingerprint density at radius 3 is 2.50 bits per heavy atom. The van der Waals surface area contributed by atoms with Crippen molar-refractivity contribution < 1.29 is 8.42 Å². The van der Waals surface area contributed by atoms with Gasteiger partial charge in [-0.25, -0.2) is 12.7 Å². The standard InChI is InChI=1S/C14H14N2O2S2/c1-16(9-8-13-3-2-10-19-13)20(17,18)14-6-4-12(11-15)5-7-14/h2-7,10H,8-9H2,1H3. The van der Waals surface area contributed by atoms with E-state index >= 15 is 0 Å². The minimum absolute atomic E-state index is 0.213. The molecule has 0 amide bonds. The molecule has 104 valence electrons. The highest BCUT2D eigenvalue weighted by molar-refractivity contribution is 7.89. The molecule has 0 saturated heterocycles. The summed E-state index contributed by atoms with van der Waals surface area (Å²) in [5.41, 5.74) is 0.449. The summed E-state index contributed by atoms with van der Waals surface area (Å²) >= 11 is 1.62. The maximum Gasteiger partial charge on any atom is 0.242 e. The number of likely N-dealkylation sites (N-methyl/N-ethyl adjacent to an activating group) is 1. The van der Waals surface area contributed by atoms with Crippen LogP contribution in [0.3, 0.4) is 0 Å². The van der Waals surface area contributed by atoms with Crippen molar-refractivity contribution in [2.24, 2.45) is 0 Å². The average molecular weight is 306 g/mol. The van der Waals surface area contributed by atoms with Crippen molar-refractivity contribution in [3.05, 3.63) is 52.2 Å². The highest BCUT2D eigenvalue weighted by atomic mass is 32.2. The normalized spacial score (nSPS) is 11.4. The van der Waals surface area contributed by atoms with Crippen LogP contribution in [0.25, 0.3) is 0 Å². The molecule has 6 heteroatoms. The van der Waals surface area contributed by atoms with E-state index in [1.54, 1.807) is 18.4 Å². The van der Waals surface area contributed by atoms with Gasteiger partial charge in [0.05, 0.1) is 16.5 Å². The van der Waals surface area contributed by atoms with E-state index < -0.39 is 10.0 Å². The molecule has 1 heterocycles. The topological polar surface area (TPSA) is 61.2 Å². The third kappa shape index (κ3) is 3.25. The zero-order chi connectivity index (χ0) is 14.6. The van der Waals surface area contributed by atoms with Crippen LogP contribution in [-0.4, -0.2) is 26.3 Å². The van der Waals surface area contributed by atoms with E-state index in [0.717, 1.165) is 4.88 Å². The van der Waals surface area contributed by atoms with Crippen LogP contribution >= 0.6 is 11.3 Å². The highest BCUT2D eigenvalue weighted by Crippen LogP contribution is 2.16. The second kappa shape index (κ2) is 6.18. The first kappa shape index (κ1) is 14.7. The summed E-state index contributed by atoms with van der Waals surface area (Å²) in [5, 5.41) is 10.7. The monoisotopic (exact) mass is 306 g/mol. The van der Waals surface area contributed by atoms with Crippen molar-refractivity contribution in [3.8, 4) is 6.07 Å². The average Bonchev–Trinajstić information content (AvgIpc) is 2.98. The molecule has 0 radical (unpaired) electrons. The zero-order valence-electron chi connectivity index (χ0n) is 11.0. The molecule has 2 rings (SSSR count). The second-order valence-electron chi connectivity index (χ2n) is 4.29. The number of nitrogens with zero attached hydrogens (tertiary/aromatic N) is 2. The van der Waals surface area contributed by atoms with E-state index in [1.165, 1.54) is 28.6 Å². The maximum absolute atomic E-state index is 12.3. The molecular formula is C14H14N2O2S2. The fourth-order valence-corrected chi connectivity index (χ4v) is 3.59. The molecule has 0 saturated carbocycles. The molecule has 1 aromatic carbocycles. The van der Waals surface area contributed by atoms with Crippen LogP contribution in [0, 0.1) is 11.3 Å². The maximum atomic E-state index is 12.3. The number of hydrogen-bond acceptors (Lipinski definition) is 4. The summed E-state index contributed by atoms with van der Waals surface area (Å²) in [6, 6.07) is 11.9. The fourth-order valence-electron chi connectivity index (χ4n) is 1.72. The summed E-state index contributed by atoms with van der Waals surface area (Å²) in [7, 11) is -1.92. The SMILES string of the molecule is CN(CCc1cccs1)S(=O)(=O)c1ccc(C#N)cc1. The molecule has 0 aliphatic heterocycles. The Balaban J connectivity index is 2.10. The Labute approximate surface area is 123 Å². The first-order valence-electron chi connectivity index (χ1n) is 6.03. The highest BCUT2D eigenvalue weighted by Gasteiger charge is 2.20. The number of nitriles is 1. The smallest absolute Gasteiger partial charge is 0.207 e. The molecule has 0 bridgehead atoms. The van der Waals surface area contributed by atoms with E-state index in [0.29, 0.717) is 18.5 Å². The predicted molar refractivity (Wildman–Crippen MR) is 79.0 cm³/mol. The minimum Gasteiger partial charge on any atom is -0.207 e. The molecule has 4 nitrogen and oxygen atoms in total. The van der Waals surface area contributed by atoms with Crippen molar-refractivity contribution in [2.45, 2.75) is 11.3 Å². The first-order valence-corrected chi connectivity index (χ1v) is 8.35. The summed E-state index contributed by atoms with van der Waals surface area (Å²) in [4.78, 5) is 1.37. The van der Waals surface area contributed by atoms with Crippen molar-refractivity contribution in [2.75, 3.05) is 13.6 Å². The third-order valence-corrected chi connectivity index (χ3v) is 5.75. The largest absolute Gasteiger partial charge is 0.242 e. The minimum atomic E-state index is -3.49. The molecule has 0 atom stereocenters. The first-order chi connectivity index (χ1) is 9.54. The van der Waals surface area contributed by atoms with Gasteiger partial charge in [0.2, 0.25) is 10.0 Å². The van der Waals surface area contributed by atoms with Crippen molar-refractivity contribution in [1.29, 1.82) is 5.26 Å². The summed E-state index contributed by atoms with van der Waals surface area (Å²) < 4.78 is 26.0. The van der Waals surface area contributed by atoms with Gasteiger partial charge in [-0.2, -0.15) is 5.26 Å². The fraction of sp³-hybridized carbons (Fsp3) is 0.214. The summed E-state index contributed by atoms with van der Waals surface area (Å²) in [5.74, 6) is 0. The Morgan fingerprint density at radius 1 is 1.25 bits per heavy atom. The number of hydrogen-bond donors (Lipinski definition) is 0.